The molecule has 0 spiro atoms. The average molecular weight is 257 g/mol. The zero-order valence-corrected chi connectivity index (χ0v) is 12.1. The van der Waals surface area contributed by atoms with Gasteiger partial charge in [0, 0.05) is 24.4 Å². The highest BCUT2D eigenvalue weighted by molar-refractivity contribution is 7.99. The highest BCUT2D eigenvalue weighted by Gasteiger charge is 2.30. The quantitative estimate of drug-likeness (QED) is 0.817. The minimum absolute atomic E-state index is 0.525. The van der Waals surface area contributed by atoms with Gasteiger partial charge in [0.1, 0.15) is 0 Å². The van der Waals surface area contributed by atoms with Gasteiger partial charge in [-0.3, -0.25) is 0 Å². The van der Waals surface area contributed by atoms with Crippen LogP contribution >= 0.6 is 11.8 Å². The lowest BCUT2D eigenvalue weighted by Gasteiger charge is -2.32. The van der Waals surface area contributed by atoms with Gasteiger partial charge in [-0.25, -0.2) is 0 Å². The highest BCUT2D eigenvalue weighted by atomic mass is 32.2. The Labute approximate surface area is 110 Å². The van der Waals surface area contributed by atoms with Crippen molar-refractivity contribution in [1.82, 2.24) is 5.32 Å². The number of nitrogens with one attached hydrogen (secondary N) is 1. The smallest absolute Gasteiger partial charge is 0.0572 e. The predicted molar refractivity (Wildman–Crippen MR) is 75.7 cm³/mol. The molecule has 17 heavy (non-hydrogen) atoms. The van der Waals surface area contributed by atoms with E-state index in [-0.39, 0.29) is 0 Å². The minimum atomic E-state index is 0.525. The van der Waals surface area contributed by atoms with Gasteiger partial charge in [-0.15, -0.1) is 0 Å². The van der Waals surface area contributed by atoms with E-state index in [9.17, 15) is 0 Å². The molecular formula is C14H27NOS. The predicted octanol–water partition coefficient (Wildman–Crippen LogP) is 3.21. The molecule has 2 unspecified atom stereocenters. The highest BCUT2D eigenvalue weighted by Crippen LogP contribution is 2.31. The van der Waals surface area contributed by atoms with Crippen LogP contribution in [0.3, 0.4) is 0 Å². The van der Waals surface area contributed by atoms with Crippen molar-refractivity contribution < 1.29 is 4.74 Å². The van der Waals surface area contributed by atoms with Gasteiger partial charge in [0.15, 0.2) is 0 Å². The van der Waals surface area contributed by atoms with E-state index in [0.717, 1.165) is 17.3 Å². The van der Waals surface area contributed by atoms with Crippen LogP contribution in [-0.2, 0) is 4.74 Å². The third-order valence-electron chi connectivity index (χ3n) is 4.29. The molecule has 0 radical (unpaired) electrons. The largest absolute Gasteiger partial charge is 0.381 e. The molecular weight excluding hydrogens is 230 g/mol. The van der Waals surface area contributed by atoms with Gasteiger partial charge in [-0.2, -0.15) is 11.8 Å². The van der Waals surface area contributed by atoms with Crippen LogP contribution in [-0.4, -0.2) is 36.3 Å². The first-order valence-electron chi connectivity index (χ1n) is 7.24. The Morgan fingerprint density at radius 3 is 2.53 bits per heavy atom. The third kappa shape index (κ3) is 3.87. The fraction of sp³-hybridized carbons (Fsp3) is 1.00. The summed E-state index contributed by atoms with van der Waals surface area (Å²) in [6.45, 7) is 2.28. The summed E-state index contributed by atoms with van der Waals surface area (Å²) in [7, 11) is 1.85. The normalized spacial score (nSPS) is 38.5. The number of thioether (sulfide) groups is 1. The second-order valence-electron chi connectivity index (χ2n) is 5.41. The average Bonchev–Trinajstić information content (AvgIpc) is 2.78. The first-order valence-corrected chi connectivity index (χ1v) is 8.28. The molecule has 2 rings (SSSR count). The Hall–Kier alpha value is 0.270. The molecule has 0 saturated heterocycles. The van der Waals surface area contributed by atoms with E-state index in [4.69, 9.17) is 4.74 Å². The van der Waals surface area contributed by atoms with Crippen LogP contribution in [0.2, 0.25) is 0 Å². The zero-order valence-electron chi connectivity index (χ0n) is 11.3. The number of rotatable bonds is 5. The Balaban J connectivity index is 1.73. The molecule has 0 aromatic carbocycles. The topological polar surface area (TPSA) is 21.3 Å². The summed E-state index contributed by atoms with van der Waals surface area (Å²) in [5.74, 6) is 1.26. The van der Waals surface area contributed by atoms with Crippen molar-refractivity contribution >= 4 is 11.8 Å². The van der Waals surface area contributed by atoms with Crippen molar-refractivity contribution in [3.63, 3.8) is 0 Å². The molecule has 0 heterocycles. The summed E-state index contributed by atoms with van der Waals surface area (Å²) >= 11 is 2.15. The van der Waals surface area contributed by atoms with E-state index < -0.39 is 0 Å². The van der Waals surface area contributed by atoms with Gasteiger partial charge >= 0.3 is 0 Å². The van der Waals surface area contributed by atoms with Gasteiger partial charge < -0.3 is 10.1 Å². The van der Waals surface area contributed by atoms with Crippen LogP contribution in [0, 0.1) is 0 Å². The van der Waals surface area contributed by atoms with Crippen LogP contribution in [0.4, 0.5) is 0 Å². The Morgan fingerprint density at radius 1 is 1.12 bits per heavy atom. The molecule has 2 fully saturated rings. The van der Waals surface area contributed by atoms with Crippen LogP contribution in [0.15, 0.2) is 0 Å². The van der Waals surface area contributed by atoms with Crippen molar-refractivity contribution in [2.75, 3.05) is 12.9 Å². The minimum Gasteiger partial charge on any atom is -0.381 e. The number of ether oxygens (including phenoxy) is 1. The molecule has 0 amide bonds. The molecule has 2 nitrogen and oxygen atoms in total. The molecule has 2 atom stereocenters. The first kappa shape index (κ1) is 13.7. The molecule has 0 aromatic heterocycles. The second kappa shape index (κ2) is 7.01. The molecule has 0 bridgehead atoms. The summed E-state index contributed by atoms with van der Waals surface area (Å²) in [5, 5.41) is 4.80. The van der Waals surface area contributed by atoms with Crippen LogP contribution < -0.4 is 5.32 Å². The van der Waals surface area contributed by atoms with E-state index >= 15 is 0 Å². The van der Waals surface area contributed by atoms with Crippen molar-refractivity contribution in [1.29, 1.82) is 0 Å². The van der Waals surface area contributed by atoms with Crippen molar-refractivity contribution in [3.8, 4) is 0 Å². The maximum atomic E-state index is 5.44. The van der Waals surface area contributed by atoms with Crippen molar-refractivity contribution in [2.24, 2.45) is 0 Å². The summed E-state index contributed by atoms with van der Waals surface area (Å²) in [6.07, 6.45) is 9.85. The summed E-state index contributed by atoms with van der Waals surface area (Å²) in [5.41, 5.74) is 0. The first-order chi connectivity index (χ1) is 8.33. The Kier molecular flexibility index (Phi) is 5.64. The number of methoxy groups -OCH3 is 1. The van der Waals surface area contributed by atoms with E-state index in [2.05, 4.69) is 24.0 Å². The lowest BCUT2D eigenvalue weighted by Crippen LogP contribution is -2.44. The van der Waals surface area contributed by atoms with Gasteiger partial charge in [0.2, 0.25) is 0 Å². The third-order valence-corrected chi connectivity index (χ3v) is 5.62. The standard InChI is InChI=1S/C14H27NOS/c1-3-17-14-6-4-5-13(14)15-11-7-9-12(16-2)10-8-11/h11-15H,3-10H2,1-2H3. The molecule has 1 N–H and O–H groups in total. The SMILES string of the molecule is CCSC1CCCC1NC1CCC(OC)CC1. The molecule has 0 aliphatic heterocycles. The van der Waals surface area contributed by atoms with E-state index in [1.165, 1.54) is 50.7 Å². The van der Waals surface area contributed by atoms with Crippen LogP contribution in [0.25, 0.3) is 0 Å². The molecule has 2 aliphatic carbocycles. The van der Waals surface area contributed by atoms with Gasteiger partial charge in [0.25, 0.3) is 0 Å². The van der Waals surface area contributed by atoms with Crippen LogP contribution in [0.5, 0.6) is 0 Å². The lowest BCUT2D eigenvalue weighted by atomic mass is 9.92. The van der Waals surface area contributed by atoms with Gasteiger partial charge in [-0.05, 0) is 44.3 Å². The Morgan fingerprint density at radius 2 is 1.88 bits per heavy atom. The second-order valence-corrected chi connectivity index (χ2v) is 6.92. The number of hydrogen-bond donors (Lipinski definition) is 1. The molecule has 2 saturated carbocycles. The molecule has 2 aliphatic rings. The van der Waals surface area contributed by atoms with Crippen molar-refractivity contribution in [3.05, 3.63) is 0 Å². The summed E-state index contributed by atoms with van der Waals surface area (Å²) in [6, 6.07) is 1.54. The monoisotopic (exact) mass is 257 g/mol. The fourth-order valence-electron chi connectivity index (χ4n) is 3.30. The lowest BCUT2D eigenvalue weighted by molar-refractivity contribution is 0.0613. The van der Waals surface area contributed by atoms with Gasteiger partial charge in [0.05, 0.1) is 6.10 Å². The van der Waals surface area contributed by atoms with E-state index in [1.807, 2.05) is 7.11 Å². The van der Waals surface area contributed by atoms with E-state index in [0.29, 0.717) is 6.10 Å². The number of hydrogen-bond acceptors (Lipinski definition) is 3. The van der Waals surface area contributed by atoms with E-state index in [1.54, 1.807) is 0 Å². The molecule has 100 valence electrons. The molecule has 3 heteroatoms. The fourth-order valence-corrected chi connectivity index (χ4v) is 4.51. The zero-order chi connectivity index (χ0) is 12.1. The van der Waals surface area contributed by atoms with Crippen LogP contribution in [0.1, 0.15) is 51.9 Å². The van der Waals surface area contributed by atoms with Gasteiger partial charge in [-0.1, -0.05) is 13.3 Å². The Bertz CT molecular complexity index is 216. The maximum Gasteiger partial charge on any atom is 0.0572 e. The summed E-state index contributed by atoms with van der Waals surface area (Å²) < 4.78 is 5.44. The summed E-state index contributed by atoms with van der Waals surface area (Å²) in [4.78, 5) is 0. The maximum absolute atomic E-state index is 5.44. The molecule has 0 aromatic rings. The van der Waals surface area contributed by atoms with Crippen molar-refractivity contribution in [2.45, 2.75) is 75.3 Å².